The zero-order chi connectivity index (χ0) is 24.2. The second-order valence-corrected chi connectivity index (χ2v) is 8.58. The average Bonchev–Trinajstić information content (AvgIpc) is 3.09. The number of carbonyl (C=O) groups excluding carboxylic acids is 2. The smallest absolute Gasteiger partial charge is 0.295 e. The maximum atomic E-state index is 13.1. The molecule has 1 amide bonds. The van der Waals surface area contributed by atoms with Crippen molar-refractivity contribution in [1.82, 2.24) is 9.80 Å². The highest BCUT2D eigenvalue weighted by molar-refractivity contribution is 6.46. The van der Waals surface area contributed by atoms with Crippen LogP contribution < -0.4 is 4.74 Å². The number of ketones is 1. The number of aryl methyl sites for hydroxylation is 1. The van der Waals surface area contributed by atoms with Crippen LogP contribution in [0.2, 0.25) is 0 Å². The lowest BCUT2D eigenvalue weighted by Gasteiger charge is -2.29. The third kappa shape index (κ3) is 4.78. The van der Waals surface area contributed by atoms with Crippen molar-refractivity contribution in [3.63, 3.8) is 0 Å². The van der Waals surface area contributed by atoms with Gasteiger partial charge in [-0.3, -0.25) is 14.5 Å². The van der Waals surface area contributed by atoms with Crippen LogP contribution in [0.5, 0.6) is 11.5 Å². The Morgan fingerprint density at radius 1 is 1.09 bits per heavy atom. The van der Waals surface area contributed by atoms with E-state index in [0.29, 0.717) is 43.1 Å². The highest BCUT2D eigenvalue weighted by Crippen LogP contribution is 2.40. The Bertz CT molecular complexity index is 1090. The third-order valence-electron chi connectivity index (χ3n) is 6.39. The molecule has 1 unspecified atom stereocenters. The maximum absolute atomic E-state index is 13.1. The molecule has 0 bridgehead atoms. The van der Waals surface area contributed by atoms with Crippen molar-refractivity contribution in [2.45, 2.75) is 19.4 Å². The van der Waals surface area contributed by atoms with Crippen LogP contribution in [0.3, 0.4) is 0 Å². The summed E-state index contributed by atoms with van der Waals surface area (Å²) in [4.78, 5) is 30.0. The lowest BCUT2D eigenvalue weighted by atomic mass is 9.94. The Kier molecular flexibility index (Phi) is 7.19. The van der Waals surface area contributed by atoms with Crippen molar-refractivity contribution < 1.29 is 29.3 Å². The van der Waals surface area contributed by atoms with Crippen molar-refractivity contribution in [1.29, 1.82) is 0 Å². The number of morpholine rings is 1. The van der Waals surface area contributed by atoms with Crippen LogP contribution in [-0.4, -0.2) is 78.2 Å². The summed E-state index contributed by atoms with van der Waals surface area (Å²) in [6.07, 6.45) is 0.684. The molecule has 8 nitrogen and oxygen atoms in total. The zero-order valence-electron chi connectivity index (χ0n) is 19.5. The van der Waals surface area contributed by atoms with E-state index in [-0.39, 0.29) is 17.1 Å². The number of aliphatic hydroxyl groups is 1. The minimum Gasteiger partial charge on any atom is -0.508 e. The standard InChI is InChI=1S/C26H30N2O6/c1-17-16-19(6-9-21(17)33-2)24(30)22-23(18-4-7-20(29)8-5-18)28(26(32)25(22)31)11-3-10-27-12-14-34-15-13-27/h4-9,16,23,29-30H,3,10-15H2,1-2H3/b24-22-. The van der Waals surface area contributed by atoms with Gasteiger partial charge in [0, 0.05) is 31.7 Å². The van der Waals surface area contributed by atoms with Gasteiger partial charge < -0.3 is 24.6 Å². The highest BCUT2D eigenvalue weighted by atomic mass is 16.5. The highest BCUT2D eigenvalue weighted by Gasteiger charge is 2.45. The number of phenolic OH excluding ortho intramolecular Hbond substituents is 1. The van der Waals surface area contributed by atoms with Crippen molar-refractivity contribution >= 4 is 17.4 Å². The number of carbonyl (C=O) groups is 2. The molecule has 2 saturated heterocycles. The van der Waals surface area contributed by atoms with E-state index in [1.807, 2.05) is 6.92 Å². The van der Waals surface area contributed by atoms with Crippen LogP contribution in [0.25, 0.3) is 5.76 Å². The van der Waals surface area contributed by atoms with E-state index >= 15 is 0 Å². The number of amides is 1. The van der Waals surface area contributed by atoms with Crippen LogP contribution in [0.4, 0.5) is 0 Å². The molecule has 2 fully saturated rings. The molecule has 0 aromatic heterocycles. The molecule has 180 valence electrons. The monoisotopic (exact) mass is 466 g/mol. The molecule has 2 heterocycles. The van der Waals surface area contributed by atoms with Gasteiger partial charge >= 0.3 is 0 Å². The Morgan fingerprint density at radius 3 is 2.44 bits per heavy atom. The predicted molar refractivity (Wildman–Crippen MR) is 127 cm³/mol. The Morgan fingerprint density at radius 2 is 1.79 bits per heavy atom. The topological polar surface area (TPSA) is 99.5 Å². The van der Waals surface area contributed by atoms with E-state index < -0.39 is 17.7 Å². The van der Waals surface area contributed by atoms with Crippen molar-refractivity contribution in [3.8, 4) is 11.5 Å². The number of ether oxygens (including phenoxy) is 2. The number of likely N-dealkylation sites (tertiary alicyclic amines) is 1. The second-order valence-electron chi connectivity index (χ2n) is 8.58. The van der Waals surface area contributed by atoms with E-state index in [2.05, 4.69) is 4.90 Å². The van der Waals surface area contributed by atoms with Crippen LogP contribution in [0.1, 0.15) is 29.2 Å². The number of phenols is 1. The molecule has 2 aliphatic heterocycles. The van der Waals surface area contributed by atoms with Gasteiger partial charge in [-0.25, -0.2) is 0 Å². The van der Waals surface area contributed by atoms with Gasteiger partial charge in [-0.15, -0.1) is 0 Å². The normalized spacial score (nSPS) is 20.6. The molecule has 0 saturated carbocycles. The Labute approximate surface area is 199 Å². The minimum absolute atomic E-state index is 0.0478. The van der Waals surface area contributed by atoms with E-state index in [1.54, 1.807) is 37.4 Å². The molecular weight excluding hydrogens is 436 g/mol. The summed E-state index contributed by atoms with van der Waals surface area (Å²) in [6, 6.07) is 10.8. The van der Waals surface area contributed by atoms with Gasteiger partial charge in [0.25, 0.3) is 11.7 Å². The molecule has 1 atom stereocenters. The molecule has 2 aromatic rings. The number of aliphatic hydroxyl groups excluding tert-OH is 1. The predicted octanol–water partition coefficient (Wildman–Crippen LogP) is 2.85. The molecule has 34 heavy (non-hydrogen) atoms. The molecule has 0 spiro atoms. The van der Waals surface area contributed by atoms with Crippen molar-refractivity contribution in [2.75, 3.05) is 46.5 Å². The van der Waals surface area contributed by atoms with Crippen LogP contribution >= 0.6 is 0 Å². The molecule has 2 N–H and O–H groups in total. The number of aromatic hydroxyl groups is 1. The van der Waals surface area contributed by atoms with Crippen LogP contribution in [0.15, 0.2) is 48.0 Å². The molecule has 4 rings (SSSR count). The fourth-order valence-corrected chi connectivity index (χ4v) is 4.58. The minimum atomic E-state index is -0.743. The zero-order valence-corrected chi connectivity index (χ0v) is 19.5. The van der Waals surface area contributed by atoms with E-state index in [4.69, 9.17) is 9.47 Å². The fraction of sp³-hybridized carbons (Fsp3) is 0.385. The first-order valence-electron chi connectivity index (χ1n) is 11.4. The number of hydrogen-bond donors (Lipinski definition) is 2. The van der Waals surface area contributed by atoms with Crippen LogP contribution in [-0.2, 0) is 14.3 Å². The van der Waals surface area contributed by atoms with Gasteiger partial charge in [-0.05, 0) is 54.8 Å². The molecule has 2 aliphatic rings. The molecule has 2 aromatic carbocycles. The average molecular weight is 467 g/mol. The molecular formula is C26H30N2O6. The largest absolute Gasteiger partial charge is 0.508 e. The van der Waals surface area contributed by atoms with Gasteiger partial charge in [-0.1, -0.05) is 12.1 Å². The summed E-state index contributed by atoms with van der Waals surface area (Å²) in [6.45, 7) is 6.07. The summed E-state index contributed by atoms with van der Waals surface area (Å²) in [5.41, 5.74) is 1.93. The number of benzene rings is 2. The van der Waals surface area contributed by atoms with E-state index in [1.165, 1.54) is 17.0 Å². The molecule has 0 radical (unpaired) electrons. The lowest BCUT2D eigenvalue weighted by molar-refractivity contribution is -0.140. The number of rotatable bonds is 7. The number of nitrogens with zero attached hydrogens (tertiary/aromatic N) is 2. The number of hydrogen-bond acceptors (Lipinski definition) is 7. The van der Waals surface area contributed by atoms with Gasteiger partial charge in [0.1, 0.15) is 17.3 Å². The van der Waals surface area contributed by atoms with Crippen molar-refractivity contribution in [3.05, 3.63) is 64.7 Å². The first kappa shape index (κ1) is 23.8. The lowest BCUT2D eigenvalue weighted by Crippen LogP contribution is -2.38. The molecule has 0 aliphatic carbocycles. The van der Waals surface area contributed by atoms with Gasteiger partial charge in [0.2, 0.25) is 0 Å². The summed E-state index contributed by atoms with van der Waals surface area (Å²) in [5.74, 6) is -0.825. The van der Waals surface area contributed by atoms with Gasteiger partial charge in [0.05, 0.1) is 31.9 Å². The maximum Gasteiger partial charge on any atom is 0.295 e. The Balaban J connectivity index is 1.68. The van der Waals surface area contributed by atoms with E-state index in [0.717, 1.165) is 25.2 Å². The van der Waals surface area contributed by atoms with Crippen LogP contribution in [0, 0.1) is 6.92 Å². The van der Waals surface area contributed by atoms with E-state index in [9.17, 15) is 19.8 Å². The first-order chi connectivity index (χ1) is 16.4. The van der Waals surface area contributed by atoms with Gasteiger partial charge in [-0.2, -0.15) is 0 Å². The Hall–Kier alpha value is -3.36. The summed E-state index contributed by atoms with van der Waals surface area (Å²) in [5, 5.41) is 20.9. The number of Topliss-reactive ketones (excluding diaryl/α,β-unsaturated/α-hetero) is 1. The SMILES string of the molecule is COc1ccc(/C(O)=C2/C(=O)C(=O)N(CCCN3CCOCC3)C2c2ccc(O)cc2)cc1C. The number of methoxy groups -OCH3 is 1. The summed E-state index contributed by atoms with van der Waals surface area (Å²) < 4.78 is 10.7. The first-order valence-corrected chi connectivity index (χ1v) is 11.4. The van der Waals surface area contributed by atoms with Gasteiger partial charge in [0.15, 0.2) is 0 Å². The fourth-order valence-electron chi connectivity index (χ4n) is 4.58. The third-order valence-corrected chi connectivity index (χ3v) is 6.39. The summed E-state index contributed by atoms with van der Waals surface area (Å²) in [7, 11) is 1.56. The quantitative estimate of drug-likeness (QED) is 0.368. The summed E-state index contributed by atoms with van der Waals surface area (Å²) >= 11 is 0. The van der Waals surface area contributed by atoms with Crippen molar-refractivity contribution in [2.24, 2.45) is 0 Å². The second kappa shape index (κ2) is 10.3. The molecule has 8 heteroatoms.